The number of fused-ring (bicyclic) bond motifs is 3. The molecule has 0 spiro atoms. The number of hydrogen-bond acceptors (Lipinski definition) is 5. The van der Waals surface area contributed by atoms with Crippen molar-refractivity contribution in [2.75, 3.05) is 32.6 Å². The van der Waals surface area contributed by atoms with Gasteiger partial charge in [-0.25, -0.2) is 9.78 Å². The van der Waals surface area contributed by atoms with Crippen molar-refractivity contribution in [3.05, 3.63) is 35.5 Å². The highest BCUT2D eigenvalue weighted by atomic mass is 16.6. The zero-order valence-electron chi connectivity index (χ0n) is 17.4. The number of hydrogen-bond donors (Lipinski definition) is 1. The number of amides is 1. The van der Waals surface area contributed by atoms with Gasteiger partial charge in [-0.2, -0.15) is 0 Å². The molecule has 0 saturated carbocycles. The quantitative estimate of drug-likeness (QED) is 0.764. The van der Waals surface area contributed by atoms with Crippen molar-refractivity contribution in [2.45, 2.75) is 39.8 Å². The molecule has 1 N–H and O–H groups in total. The lowest BCUT2D eigenvalue weighted by atomic mass is 9.96. The van der Waals surface area contributed by atoms with Crippen LogP contribution in [0.1, 0.15) is 39.8 Å². The van der Waals surface area contributed by atoms with E-state index in [4.69, 9.17) is 14.5 Å². The number of para-hydroxylation sites is 2. The van der Waals surface area contributed by atoms with Crippen molar-refractivity contribution in [3.63, 3.8) is 0 Å². The molecule has 1 aromatic carbocycles. The minimum absolute atomic E-state index is 0.316. The molecule has 0 aliphatic carbocycles. The van der Waals surface area contributed by atoms with Gasteiger partial charge in [0.15, 0.2) is 0 Å². The summed E-state index contributed by atoms with van der Waals surface area (Å²) in [5.41, 5.74) is 4.00. The van der Waals surface area contributed by atoms with E-state index in [9.17, 15) is 4.79 Å². The lowest BCUT2D eigenvalue weighted by molar-refractivity contribution is 0.0462. The summed E-state index contributed by atoms with van der Waals surface area (Å²) in [5, 5.41) is 3.51. The van der Waals surface area contributed by atoms with Crippen molar-refractivity contribution < 1.29 is 14.3 Å². The molecule has 3 rings (SSSR count). The van der Waals surface area contributed by atoms with Crippen LogP contribution in [0.25, 0.3) is 11.0 Å². The number of carbonyl (C=O) groups excluding carboxylic acids is 1. The number of methoxy groups -OCH3 is 1. The van der Waals surface area contributed by atoms with Crippen molar-refractivity contribution >= 4 is 23.1 Å². The van der Waals surface area contributed by atoms with Gasteiger partial charge in [-0.3, -0.25) is 4.57 Å². The molecular weight excluding hydrogens is 356 g/mol. The van der Waals surface area contributed by atoms with E-state index in [1.807, 2.05) is 28.8 Å². The second kappa shape index (κ2) is 8.65. The van der Waals surface area contributed by atoms with Gasteiger partial charge in [0.25, 0.3) is 0 Å². The van der Waals surface area contributed by atoms with E-state index in [0.717, 1.165) is 35.1 Å². The van der Waals surface area contributed by atoms with Gasteiger partial charge in [0.1, 0.15) is 0 Å². The van der Waals surface area contributed by atoms with Crippen molar-refractivity contribution in [2.24, 2.45) is 5.92 Å². The lowest BCUT2D eigenvalue weighted by Gasteiger charge is -2.34. The zero-order valence-corrected chi connectivity index (χ0v) is 17.4. The fraction of sp³-hybridized carbons (Fsp3) is 0.524. The Morgan fingerprint density at radius 3 is 2.79 bits per heavy atom. The predicted octanol–water partition coefficient (Wildman–Crippen LogP) is 4.39. The first-order chi connectivity index (χ1) is 13.5. The SMILES string of the molecule is CCC1=C(C(C)CC)Nc2nc3ccccc3n2C1OC(=O)N(C)CCOC. The van der Waals surface area contributed by atoms with Crippen LogP contribution < -0.4 is 5.32 Å². The summed E-state index contributed by atoms with van der Waals surface area (Å²) < 4.78 is 13.1. The molecule has 7 heteroatoms. The molecule has 7 nitrogen and oxygen atoms in total. The van der Waals surface area contributed by atoms with Crippen LogP contribution in [-0.2, 0) is 9.47 Å². The number of aromatic nitrogens is 2. The van der Waals surface area contributed by atoms with Gasteiger partial charge in [-0.1, -0.05) is 32.9 Å². The van der Waals surface area contributed by atoms with Crippen molar-refractivity contribution in [3.8, 4) is 0 Å². The molecule has 1 amide bonds. The number of carbonyl (C=O) groups is 1. The molecule has 2 atom stereocenters. The van der Waals surface area contributed by atoms with Crippen LogP contribution in [0.5, 0.6) is 0 Å². The number of benzene rings is 1. The van der Waals surface area contributed by atoms with Gasteiger partial charge in [0, 0.05) is 32.0 Å². The standard InChI is InChI=1S/C21H30N4O3/c1-6-14(3)18-15(7-2)19(28-21(26)24(4)12-13-27-5)25-17-11-9-8-10-16(17)22-20(25)23-18/h8-11,14,19H,6-7,12-13H2,1-5H3,(H,22,23). The van der Waals surface area contributed by atoms with Gasteiger partial charge in [-0.15, -0.1) is 0 Å². The molecular formula is C21H30N4O3. The highest BCUT2D eigenvalue weighted by Crippen LogP contribution is 2.39. The summed E-state index contributed by atoms with van der Waals surface area (Å²) in [7, 11) is 3.34. The number of allylic oxidation sites excluding steroid dienone is 1. The first kappa shape index (κ1) is 20.2. The Morgan fingerprint density at radius 1 is 1.36 bits per heavy atom. The molecule has 0 bridgehead atoms. The van der Waals surface area contributed by atoms with Gasteiger partial charge in [0.2, 0.25) is 12.2 Å². The molecule has 0 fully saturated rings. The average molecular weight is 386 g/mol. The summed E-state index contributed by atoms with van der Waals surface area (Å²) in [5.74, 6) is 1.03. The summed E-state index contributed by atoms with van der Waals surface area (Å²) in [6.45, 7) is 7.37. The maximum atomic E-state index is 12.8. The van der Waals surface area contributed by atoms with E-state index in [1.54, 1.807) is 19.1 Å². The highest BCUT2D eigenvalue weighted by Gasteiger charge is 2.34. The normalized spacial score (nSPS) is 17.2. The van der Waals surface area contributed by atoms with Gasteiger partial charge >= 0.3 is 6.09 Å². The predicted molar refractivity (Wildman–Crippen MR) is 110 cm³/mol. The second-order valence-electron chi connectivity index (χ2n) is 7.17. The van der Waals surface area contributed by atoms with Gasteiger partial charge < -0.3 is 19.7 Å². The smallest absolute Gasteiger partial charge is 0.411 e. The number of nitrogens with one attached hydrogen (secondary N) is 1. The molecule has 2 aromatic rings. The molecule has 1 aliphatic rings. The van der Waals surface area contributed by atoms with Crippen LogP contribution in [-0.4, -0.2) is 47.9 Å². The summed E-state index contributed by atoms with van der Waals surface area (Å²) in [6.07, 6.45) is 0.871. The van der Waals surface area contributed by atoms with E-state index in [1.165, 1.54) is 0 Å². The van der Waals surface area contributed by atoms with E-state index in [-0.39, 0.29) is 6.09 Å². The molecule has 152 valence electrons. The van der Waals surface area contributed by atoms with Crippen LogP contribution in [0.4, 0.5) is 10.7 Å². The van der Waals surface area contributed by atoms with Crippen LogP contribution in [0.2, 0.25) is 0 Å². The maximum absolute atomic E-state index is 12.8. The topological polar surface area (TPSA) is 68.6 Å². The third-order valence-corrected chi connectivity index (χ3v) is 5.36. The minimum Gasteiger partial charge on any atom is -0.421 e. The summed E-state index contributed by atoms with van der Waals surface area (Å²) in [6, 6.07) is 7.91. The monoisotopic (exact) mass is 386 g/mol. The number of ether oxygens (including phenoxy) is 2. The van der Waals surface area contributed by atoms with E-state index >= 15 is 0 Å². The van der Waals surface area contributed by atoms with Crippen LogP contribution in [0.3, 0.4) is 0 Å². The van der Waals surface area contributed by atoms with E-state index in [2.05, 4.69) is 26.1 Å². The molecule has 1 aromatic heterocycles. The largest absolute Gasteiger partial charge is 0.421 e. The van der Waals surface area contributed by atoms with Crippen molar-refractivity contribution in [1.82, 2.24) is 14.5 Å². The Labute approximate surface area is 166 Å². The first-order valence-electron chi connectivity index (χ1n) is 9.89. The molecule has 2 heterocycles. The number of imidazole rings is 1. The fourth-order valence-electron chi connectivity index (χ4n) is 3.50. The number of rotatable bonds is 7. The molecule has 1 aliphatic heterocycles. The molecule has 0 radical (unpaired) electrons. The highest BCUT2D eigenvalue weighted by molar-refractivity contribution is 5.80. The Balaban J connectivity index is 2.04. The third-order valence-electron chi connectivity index (χ3n) is 5.36. The number of anilines is 1. The van der Waals surface area contributed by atoms with Gasteiger partial charge in [-0.05, 0) is 30.9 Å². The number of nitrogens with zero attached hydrogens (tertiary/aromatic N) is 3. The van der Waals surface area contributed by atoms with E-state index in [0.29, 0.717) is 25.0 Å². The van der Waals surface area contributed by atoms with Crippen LogP contribution in [0, 0.1) is 5.92 Å². The fourth-order valence-corrected chi connectivity index (χ4v) is 3.50. The minimum atomic E-state index is -0.518. The summed E-state index contributed by atoms with van der Waals surface area (Å²) >= 11 is 0. The number of likely N-dealkylation sites (N-methyl/N-ethyl adjacent to an activating group) is 1. The second-order valence-corrected chi connectivity index (χ2v) is 7.17. The summed E-state index contributed by atoms with van der Waals surface area (Å²) in [4.78, 5) is 19.0. The molecule has 28 heavy (non-hydrogen) atoms. The molecule has 0 saturated heterocycles. The zero-order chi connectivity index (χ0) is 20.3. The average Bonchev–Trinajstić information content (AvgIpc) is 3.09. The maximum Gasteiger partial charge on any atom is 0.411 e. The Hall–Kier alpha value is -2.54. The Morgan fingerprint density at radius 2 is 2.11 bits per heavy atom. The van der Waals surface area contributed by atoms with Crippen molar-refractivity contribution in [1.29, 1.82) is 0 Å². The Kier molecular flexibility index (Phi) is 6.24. The van der Waals surface area contributed by atoms with Gasteiger partial charge in [0.05, 0.1) is 17.6 Å². The van der Waals surface area contributed by atoms with E-state index < -0.39 is 6.23 Å². The van der Waals surface area contributed by atoms with Crippen LogP contribution >= 0.6 is 0 Å². The molecule has 2 unspecified atom stereocenters. The Bertz CT molecular complexity index is 874. The van der Waals surface area contributed by atoms with Crippen LogP contribution in [0.15, 0.2) is 35.5 Å². The third kappa shape index (κ3) is 3.71. The lowest BCUT2D eigenvalue weighted by Crippen LogP contribution is -2.35. The first-order valence-corrected chi connectivity index (χ1v) is 9.89.